The Hall–Kier alpha value is -2.41. The van der Waals surface area contributed by atoms with Crippen molar-refractivity contribution < 1.29 is 33.3 Å². The Bertz CT molecular complexity index is 899. The van der Waals surface area contributed by atoms with Gasteiger partial charge in [0.1, 0.15) is 17.8 Å². The van der Waals surface area contributed by atoms with Crippen LogP contribution in [0.4, 0.5) is 0 Å². The van der Waals surface area contributed by atoms with Crippen LogP contribution in [-0.4, -0.2) is 42.8 Å². The quantitative estimate of drug-likeness (QED) is 0.489. The first-order chi connectivity index (χ1) is 15.7. The molecule has 1 aliphatic heterocycles. The van der Waals surface area contributed by atoms with Gasteiger partial charge >= 0.3 is 17.9 Å². The Morgan fingerprint density at radius 2 is 1.88 bits per heavy atom. The van der Waals surface area contributed by atoms with E-state index in [1.54, 1.807) is 0 Å². The molecule has 3 aliphatic rings. The van der Waals surface area contributed by atoms with Gasteiger partial charge in [-0.15, -0.1) is 0 Å². The van der Waals surface area contributed by atoms with Crippen molar-refractivity contribution in [2.75, 3.05) is 7.11 Å². The molecular formula is C26H34O7. The molecule has 2 saturated carbocycles. The van der Waals surface area contributed by atoms with Crippen molar-refractivity contribution in [2.45, 2.75) is 70.9 Å². The van der Waals surface area contributed by atoms with E-state index in [4.69, 9.17) is 18.9 Å². The lowest BCUT2D eigenvalue weighted by Crippen LogP contribution is -2.43. The van der Waals surface area contributed by atoms with Crippen molar-refractivity contribution in [1.82, 2.24) is 0 Å². The monoisotopic (exact) mass is 458 g/mol. The third-order valence-electron chi connectivity index (χ3n) is 8.17. The summed E-state index contributed by atoms with van der Waals surface area (Å²) in [7, 11) is 1.49. The van der Waals surface area contributed by atoms with Gasteiger partial charge in [-0.3, -0.25) is 9.59 Å². The molecule has 1 aromatic rings. The van der Waals surface area contributed by atoms with Crippen LogP contribution in [0.1, 0.15) is 58.6 Å². The Morgan fingerprint density at radius 3 is 2.52 bits per heavy atom. The Kier molecular flexibility index (Phi) is 6.54. The number of hydrogen-bond acceptors (Lipinski definition) is 7. The third kappa shape index (κ3) is 4.27. The number of carbonyl (C=O) groups excluding carboxylic acids is 3. The van der Waals surface area contributed by atoms with Gasteiger partial charge in [0, 0.05) is 31.8 Å². The molecule has 1 saturated heterocycles. The zero-order valence-electron chi connectivity index (χ0n) is 20.0. The smallest absolute Gasteiger partial charge is 0.340 e. The van der Waals surface area contributed by atoms with Crippen LogP contribution in [0.25, 0.3) is 0 Å². The minimum absolute atomic E-state index is 0.0636. The summed E-state index contributed by atoms with van der Waals surface area (Å²) in [5.41, 5.74) is 0.0240. The maximum atomic E-state index is 13.1. The molecule has 1 heterocycles. The molecular weight excluding hydrogens is 424 g/mol. The van der Waals surface area contributed by atoms with Crippen LogP contribution in [0.3, 0.4) is 0 Å². The van der Waals surface area contributed by atoms with Crippen molar-refractivity contribution in [3.05, 3.63) is 35.9 Å². The molecule has 0 bridgehead atoms. The molecule has 0 aromatic heterocycles. The summed E-state index contributed by atoms with van der Waals surface area (Å²) in [5.74, 6) is -1.28. The topological polar surface area (TPSA) is 88.1 Å². The largest absolute Gasteiger partial charge is 0.462 e. The van der Waals surface area contributed by atoms with E-state index in [9.17, 15) is 14.4 Å². The van der Waals surface area contributed by atoms with Gasteiger partial charge in [-0.2, -0.15) is 0 Å². The highest BCUT2D eigenvalue weighted by atomic mass is 16.6. The summed E-state index contributed by atoms with van der Waals surface area (Å²) >= 11 is 0. The van der Waals surface area contributed by atoms with Crippen LogP contribution < -0.4 is 0 Å². The van der Waals surface area contributed by atoms with Crippen LogP contribution >= 0.6 is 0 Å². The maximum absolute atomic E-state index is 13.1. The number of ether oxygens (including phenoxy) is 4. The van der Waals surface area contributed by atoms with Gasteiger partial charge in [0.2, 0.25) is 0 Å². The molecule has 0 N–H and O–H groups in total. The molecule has 3 fully saturated rings. The molecule has 180 valence electrons. The highest BCUT2D eigenvalue weighted by Crippen LogP contribution is 2.56. The number of hydrogen-bond donors (Lipinski definition) is 0. The fourth-order valence-corrected chi connectivity index (χ4v) is 6.44. The Labute approximate surface area is 195 Å². The molecule has 0 spiro atoms. The predicted molar refractivity (Wildman–Crippen MR) is 119 cm³/mol. The van der Waals surface area contributed by atoms with Crippen molar-refractivity contribution in [3.8, 4) is 0 Å². The summed E-state index contributed by atoms with van der Waals surface area (Å²) in [6.07, 6.45) is 0.472. The maximum Gasteiger partial charge on any atom is 0.340 e. The van der Waals surface area contributed by atoms with E-state index in [1.165, 1.54) is 14.0 Å². The molecule has 9 atom stereocenters. The van der Waals surface area contributed by atoms with E-state index in [0.717, 1.165) is 12.0 Å². The van der Waals surface area contributed by atoms with Gasteiger partial charge in [0.15, 0.2) is 6.10 Å². The second-order valence-electron chi connectivity index (χ2n) is 10.1. The van der Waals surface area contributed by atoms with Gasteiger partial charge < -0.3 is 18.9 Å². The SMILES string of the molecule is CO[C@H](C(=O)O[C@@H]1C[C@@H]2[C@H]([C@@H]1C)[C@H]1OC(=O)[C@@H](C)[C@@H]1CC[C@@]2(C)OC(C)=O)c1ccccc1. The molecule has 7 heteroatoms. The molecule has 7 nitrogen and oxygen atoms in total. The van der Waals surface area contributed by atoms with Crippen LogP contribution in [0, 0.1) is 29.6 Å². The molecule has 0 amide bonds. The molecule has 2 aliphatic carbocycles. The van der Waals surface area contributed by atoms with Crippen molar-refractivity contribution >= 4 is 17.9 Å². The minimum atomic E-state index is -0.819. The predicted octanol–water partition coefficient (Wildman–Crippen LogP) is 3.85. The van der Waals surface area contributed by atoms with E-state index >= 15 is 0 Å². The standard InChI is InChI=1S/C26H34O7/c1-14-18-11-12-26(4,33-16(3)27)19-13-20(15(2)21(19)23(18)32-24(14)28)31-25(29)22(30-5)17-9-7-6-8-10-17/h6-10,14-15,18-23H,11-13H2,1-5H3/t14-,15+,18-,19+,20+,21-,22-,23-,26+/m0/s1. The van der Waals surface area contributed by atoms with Gasteiger partial charge in [-0.05, 0) is 37.7 Å². The first-order valence-electron chi connectivity index (χ1n) is 11.8. The lowest BCUT2D eigenvalue weighted by molar-refractivity contribution is -0.167. The molecule has 0 unspecified atom stereocenters. The number of benzene rings is 1. The van der Waals surface area contributed by atoms with Crippen LogP contribution in [-0.2, 0) is 33.3 Å². The molecule has 0 radical (unpaired) electrons. The van der Waals surface area contributed by atoms with Gasteiger partial charge in [0.05, 0.1) is 5.92 Å². The van der Waals surface area contributed by atoms with E-state index in [0.29, 0.717) is 12.8 Å². The van der Waals surface area contributed by atoms with Gasteiger partial charge in [-0.1, -0.05) is 44.2 Å². The van der Waals surface area contributed by atoms with E-state index < -0.39 is 23.8 Å². The van der Waals surface area contributed by atoms with Crippen molar-refractivity contribution in [2.24, 2.45) is 29.6 Å². The first kappa shape index (κ1) is 23.7. The fourth-order valence-electron chi connectivity index (χ4n) is 6.44. The van der Waals surface area contributed by atoms with Gasteiger partial charge in [0.25, 0.3) is 0 Å². The summed E-state index contributed by atoms with van der Waals surface area (Å²) in [6.45, 7) is 7.35. The van der Waals surface area contributed by atoms with Crippen molar-refractivity contribution in [1.29, 1.82) is 0 Å². The fraction of sp³-hybridized carbons (Fsp3) is 0.654. The highest BCUT2D eigenvalue weighted by molar-refractivity contribution is 5.77. The lowest BCUT2D eigenvalue weighted by atomic mass is 9.75. The highest BCUT2D eigenvalue weighted by Gasteiger charge is 2.61. The molecule has 4 rings (SSSR count). The lowest BCUT2D eigenvalue weighted by Gasteiger charge is -2.37. The summed E-state index contributed by atoms with van der Waals surface area (Å²) in [4.78, 5) is 37.5. The second kappa shape index (κ2) is 9.09. The average Bonchev–Trinajstić information content (AvgIpc) is 3.20. The van der Waals surface area contributed by atoms with E-state index in [-0.39, 0.29) is 47.6 Å². The zero-order valence-corrected chi connectivity index (χ0v) is 20.0. The van der Waals surface area contributed by atoms with Crippen LogP contribution in [0.15, 0.2) is 30.3 Å². The number of esters is 3. The third-order valence-corrected chi connectivity index (χ3v) is 8.17. The average molecular weight is 459 g/mol. The van der Waals surface area contributed by atoms with Crippen molar-refractivity contribution in [3.63, 3.8) is 0 Å². The number of carbonyl (C=O) groups is 3. The first-order valence-corrected chi connectivity index (χ1v) is 11.8. The molecule has 33 heavy (non-hydrogen) atoms. The Morgan fingerprint density at radius 1 is 1.18 bits per heavy atom. The normalized spacial score (nSPS) is 38.5. The van der Waals surface area contributed by atoms with Crippen LogP contribution in [0.5, 0.6) is 0 Å². The minimum Gasteiger partial charge on any atom is -0.462 e. The summed E-state index contributed by atoms with van der Waals surface area (Å²) in [5, 5.41) is 0. The summed E-state index contributed by atoms with van der Waals surface area (Å²) < 4.78 is 23.3. The number of rotatable bonds is 5. The number of methoxy groups -OCH3 is 1. The summed E-state index contributed by atoms with van der Waals surface area (Å²) in [6, 6.07) is 9.25. The zero-order chi connectivity index (χ0) is 23.9. The second-order valence-corrected chi connectivity index (χ2v) is 10.1. The number of fused-ring (bicyclic) bond motifs is 3. The van der Waals surface area contributed by atoms with Crippen LogP contribution in [0.2, 0.25) is 0 Å². The molecule has 1 aromatic carbocycles. The Balaban J connectivity index is 1.61. The van der Waals surface area contributed by atoms with E-state index in [2.05, 4.69) is 0 Å². The van der Waals surface area contributed by atoms with Gasteiger partial charge in [-0.25, -0.2) is 4.79 Å². The van der Waals surface area contributed by atoms with E-state index in [1.807, 2.05) is 51.1 Å².